The number of ether oxygens (including phenoxy) is 1. The average Bonchev–Trinajstić information content (AvgIpc) is 2.89. The monoisotopic (exact) mass is 489 g/mol. The second-order valence-electron chi connectivity index (χ2n) is 9.34. The number of benzene rings is 3. The van der Waals surface area contributed by atoms with Gasteiger partial charge in [-0.05, 0) is 85.6 Å². The number of nitrogens with zero attached hydrogens (tertiary/aromatic N) is 3. The highest BCUT2D eigenvalue weighted by Crippen LogP contribution is 2.38. The molecule has 0 atom stereocenters. The number of likely N-dealkylation sites (tertiary alicyclic amines) is 1. The molecule has 4 nitrogen and oxygen atoms in total. The third-order valence-electron chi connectivity index (χ3n) is 6.85. The van der Waals surface area contributed by atoms with Gasteiger partial charge in [-0.3, -0.25) is 0 Å². The van der Waals surface area contributed by atoms with Crippen LogP contribution in [-0.4, -0.2) is 31.6 Å². The van der Waals surface area contributed by atoms with Crippen molar-refractivity contribution < 1.29 is 17.9 Å². The Kier molecular flexibility index (Phi) is 7.45. The predicted molar refractivity (Wildman–Crippen MR) is 132 cm³/mol. The second-order valence-corrected chi connectivity index (χ2v) is 9.34. The van der Waals surface area contributed by atoms with E-state index in [9.17, 15) is 13.2 Å². The molecular formula is C29H26F3N3O. The fraction of sp³-hybridized carbons (Fsp3) is 0.310. The van der Waals surface area contributed by atoms with Gasteiger partial charge in [0.25, 0.3) is 0 Å². The first-order chi connectivity index (χ1) is 17.2. The molecule has 3 aromatic carbocycles. The van der Waals surface area contributed by atoms with Crippen LogP contribution < -0.4 is 0 Å². The molecule has 0 radical (unpaired) electrons. The Balaban J connectivity index is 1.59. The first-order valence-electron chi connectivity index (χ1n) is 11.7. The summed E-state index contributed by atoms with van der Waals surface area (Å²) < 4.78 is 47.1. The van der Waals surface area contributed by atoms with Crippen LogP contribution in [0.15, 0.2) is 66.7 Å². The minimum atomic E-state index is -4.49. The summed E-state index contributed by atoms with van der Waals surface area (Å²) in [5, 5.41) is 9.01. The highest BCUT2D eigenvalue weighted by atomic mass is 19.4. The maximum atomic E-state index is 13.7. The van der Waals surface area contributed by atoms with Gasteiger partial charge < -0.3 is 9.64 Å². The highest BCUT2D eigenvalue weighted by molar-refractivity contribution is 5.66. The quantitative estimate of drug-likeness (QED) is 0.351. The SMILES string of the molecule is [C-]#[N+]c1cccc(C2(COCc3cc(-c4ccc(C#N)cc4)cc(C(F)(F)F)c3)CCN(C)CC2)c1. The van der Waals surface area contributed by atoms with Crippen molar-refractivity contribution in [3.05, 3.63) is 100 Å². The van der Waals surface area contributed by atoms with Crippen LogP contribution in [-0.2, 0) is 22.9 Å². The normalized spacial score (nSPS) is 15.7. The molecule has 1 saturated heterocycles. The number of alkyl halides is 3. The Morgan fingerprint density at radius 1 is 1.03 bits per heavy atom. The molecule has 1 aliphatic rings. The van der Waals surface area contributed by atoms with Crippen LogP contribution in [0, 0.1) is 17.9 Å². The van der Waals surface area contributed by atoms with E-state index < -0.39 is 11.7 Å². The van der Waals surface area contributed by atoms with E-state index in [2.05, 4.69) is 16.8 Å². The first kappa shape index (κ1) is 25.4. The highest BCUT2D eigenvalue weighted by Gasteiger charge is 2.36. The van der Waals surface area contributed by atoms with Crippen LogP contribution in [0.2, 0.25) is 0 Å². The van der Waals surface area contributed by atoms with E-state index in [1.165, 1.54) is 0 Å². The van der Waals surface area contributed by atoms with Crippen molar-refractivity contribution >= 4 is 5.69 Å². The summed E-state index contributed by atoms with van der Waals surface area (Å²) in [4.78, 5) is 5.80. The average molecular weight is 490 g/mol. The van der Waals surface area contributed by atoms with Crippen molar-refractivity contribution in [2.45, 2.75) is 31.0 Å². The molecule has 1 fully saturated rings. The van der Waals surface area contributed by atoms with E-state index in [4.69, 9.17) is 16.6 Å². The number of hydrogen-bond donors (Lipinski definition) is 0. The Morgan fingerprint density at radius 2 is 1.75 bits per heavy atom. The summed E-state index contributed by atoms with van der Waals surface area (Å²) in [7, 11) is 2.06. The summed E-state index contributed by atoms with van der Waals surface area (Å²) in [5.74, 6) is 0. The van der Waals surface area contributed by atoms with Gasteiger partial charge in [-0.2, -0.15) is 18.4 Å². The fourth-order valence-corrected chi connectivity index (χ4v) is 4.68. The molecular weight excluding hydrogens is 463 g/mol. The van der Waals surface area contributed by atoms with Crippen molar-refractivity contribution in [1.82, 2.24) is 4.90 Å². The number of halogens is 3. The van der Waals surface area contributed by atoms with E-state index in [1.807, 2.05) is 24.3 Å². The molecule has 0 saturated carbocycles. The molecule has 0 N–H and O–H groups in total. The van der Waals surface area contributed by atoms with Gasteiger partial charge in [-0.15, -0.1) is 0 Å². The molecule has 0 aromatic heterocycles. The van der Waals surface area contributed by atoms with Gasteiger partial charge in [0.05, 0.1) is 37.0 Å². The summed E-state index contributed by atoms with van der Waals surface area (Å²) in [6.07, 6.45) is -2.82. The Hall–Kier alpha value is -3.65. The Labute approximate surface area is 209 Å². The lowest BCUT2D eigenvalue weighted by atomic mass is 9.73. The largest absolute Gasteiger partial charge is 0.416 e. The maximum absolute atomic E-state index is 13.7. The molecule has 1 aliphatic heterocycles. The lowest BCUT2D eigenvalue weighted by molar-refractivity contribution is -0.137. The van der Waals surface area contributed by atoms with Crippen LogP contribution in [0.25, 0.3) is 16.0 Å². The molecule has 36 heavy (non-hydrogen) atoms. The minimum Gasteiger partial charge on any atom is -0.376 e. The minimum absolute atomic E-state index is 0.0350. The van der Waals surface area contributed by atoms with E-state index >= 15 is 0 Å². The molecule has 0 amide bonds. The molecule has 0 aliphatic carbocycles. The Bertz CT molecular complexity index is 1300. The van der Waals surface area contributed by atoms with E-state index in [0.29, 0.717) is 34.5 Å². The van der Waals surface area contributed by atoms with Gasteiger partial charge in [0, 0.05) is 5.41 Å². The van der Waals surface area contributed by atoms with Crippen LogP contribution in [0.1, 0.15) is 35.1 Å². The van der Waals surface area contributed by atoms with Crippen molar-refractivity contribution in [2.75, 3.05) is 26.7 Å². The van der Waals surface area contributed by atoms with Gasteiger partial charge in [0.15, 0.2) is 5.69 Å². The standard InChI is InChI=1S/C29H26F3N3O/c1-34-27-5-3-4-25(17-27)28(10-12-35(2)13-11-28)20-36-19-22-14-24(16-26(15-22)29(30,31)32)23-8-6-21(18-33)7-9-23/h3-9,14-17H,10-13,19-20H2,2H3. The van der Waals surface area contributed by atoms with Crippen LogP contribution in [0.5, 0.6) is 0 Å². The van der Waals surface area contributed by atoms with Crippen LogP contribution >= 0.6 is 0 Å². The van der Waals surface area contributed by atoms with E-state index in [0.717, 1.165) is 43.6 Å². The number of piperidine rings is 1. The van der Waals surface area contributed by atoms with Gasteiger partial charge in [-0.25, -0.2) is 4.85 Å². The van der Waals surface area contributed by atoms with Crippen molar-refractivity contribution in [1.29, 1.82) is 5.26 Å². The topological polar surface area (TPSA) is 40.6 Å². The molecule has 184 valence electrons. The summed E-state index contributed by atoms with van der Waals surface area (Å²) >= 11 is 0. The molecule has 7 heteroatoms. The van der Waals surface area contributed by atoms with E-state index in [-0.39, 0.29) is 12.0 Å². The zero-order chi connectivity index (χ0) is 25.8. The van der Waals surface area contributed by atoms with Crippen molar-refractivity contribution in [3.63, 3.8) is 0 Å². The maximum Gasteiger partial charge on any atom is 0.416 e. The first-order valence-corrected chi connectivity index (χ1v) is 11.7. The third kappa shape index (κ3) is 5.76. The van der Waals surface area contributed by atoms with Gasteiger partial charge >= 0.3 is 6.18 Å². The molecule has 0 unspecified atom stereocenters. The third-order valence-corrected chi connectivity index (χ3v) is 6.85. The molecule has 3 aromatic rings. The predicted octanol–water partition coefficient (Wildman–Crippen LogP) is 6.98. The van der Waals surface area contributed by atoms with Gasteiger partial charge in [0.2, 0.25) is 0 Å². The zero-order valence-electron chi connectivity index (χ0n) is 20.0. The van der Waals surface area contributed by atoms with Crippen molar-refractivity contribution in [3.8, 4) is 17.2 Å². The molecule has 0 spiro atoms. The second kappa shape index (κ2) is 10.5. The van der Waals surface area contributed by atoms with Crippen LogP contribution in [0.4, 0.5) is 18.9 Å². The van der Waals surface area contributed by atoms with Gasteiger partial charge in [-0.1, -0.05) is 36.4 Å². The zero-order valence-corrected chi connectivity index (χ0v) is 20.0. The summed E-state index contributed by atoms with van der Waals surface area (Å²) in [5.41, 5.74) is 2.46. The van der Waals surface area contributed by atoms with Crippen LogP contribution in [0.3, 0.4) is 0 Å². The Morgan fingerprint density at radius 3 is 2.39 bits per heavy atom. The molecule has 0 bridgehead atoms. The lowest BCUT2D eigenvalue weighted by Gasteiger charge is -2.41. The fourth-order valence-electron chi connectivity index (χ4n) is 4.68. The summed E-state index contributed by atoms with van der Waals surface area (Å²) in [6.45, 7) is 9.50. The smallest absolute Gasteiger partial charge is 0.376 e. The van der Waals surface area contributed by atoms with Crippen molar-refractivity contribution in [2.24, 2.45) is 0 Å². The summed E-state index contributed by atoms with van der Waals surface area (Å²) in [6, 6.07) is 20.0. The number of rotatable bonds is 6. The number of nitriles is 1. The number of hydrogen-bond acceptors (Lipinski definition) is 3. The van der Waals surface area contributed by atoms with Gasteiger partial charge in [0.1, 0.15) is 0 Å². The molecule has 4 rings (SSSR count). The lowest BCUT2D eigenvalue weighted by Crippen LogP contribution is -2.43. The molecule has 1 heterocycles. The van der Waals surface area contributed by atoms with E-state index in [1.54, 1.807) is 36.4 Å².